The van der Waals surface area contributed by atoms with E-state index in [1.807, 2.05) is 17.4 Å². The first-order valence-electron chi connectivity index (χ1n) is 10.9. The van der Waals surface area contributed by atoms with E-state index in [9.17, 15) is 15.3 Å². The van der Waals surface area contributed by atoms with Crippen molar-refractivity contribution < 1.29 is 20.1 Å². The Labute approximate surface area is 187 Å². The van der Waals surface area contributed by atoms with E-state index in [1.165, 1.54) is 32.0 Å². The Kier molecular flexibility index (Phi) is 6.89. The van der Waals surface area contributed by atoms with Gasteiger partial charge in [-0.05, 0) is 53.3 Å². The summed E-state index contributed by atoms with van der Waals surface area (Å²) in [5.41, 5.74) is 5.99. The minimum absolute atomic E-state index is 0.315. The van der Waals surface area contributed by atoms with E-state index >= 15 is 0 Å². The van der Waals surface area contributed by atoms with Crippen molar-refractivity contribution in [2.75, 3.05) is 6.61 Å². The van der Waals surface area contributed by atoms with E-state index in [1.54, 1.807) is 0 Å². The average molecular weight is 439 g/mol. The second-order valence-electron chi connectivity index (χ2n) is 8.32. The van der Waals surface area contributed by atoms with Crippen molar-refractivity contribution in [1.29, 1.82) is 0 Å². The number of thiophene rings is 1. The minimum Gasteiger partial charge on any atom is -0.394 e. The molecule has 0 aliphatic carbocycles. The fourth-order valence-electron chi connectivity index (χ4n) is 4.12. The van der Waals surface area contributed by atoms with Gasteiger partial charge < -0.3 is 20.1 Å². The maximum Gasteiger partial charge on any atom is 0.110 e. The monoisotopic (exact) mass is 438 g/mol. The molecule has 5 heteroatoms. The third kappa shape index (κ3) is 4.92. The molecule has 4 unspecified atom stereocenters. The Morgan fingerprint density at radius 1 is 1.03 bits per heavy atom. The molecule has 1 aromatic heterocycles. The molecule has 0 amide bonds. The van der Waals surface area contributed by atoms with Gasteiger partial charge in [-0.2, -0.15) is 0 Å². The zero-order chi connectivity index (χ0) is 22.0. The molecule has 0 bridgehead atoms. The molecule has 2 aromatic carbocycles. The molecule has 0 radical (unpaired) electrons. The van der Waals surface area contributed by atoms with E-state index in [4.69, 9.17) is 4.74 Å². The number of aliphatic hydroxyl groups is 3. The summed E-state index contributed by atoms with van der Waals surface area (Å²) < 4.78 is 5.87. The van der Waals surface area contributed by atoms with Crippen LogP contribution in [0.1, 0.15) is 46.6 Å². The van der Waals surface area contributed by atoms with Gasteiger partial charge in [-0.3, -0.25) is 0 Å². The van der Waals surface area contributed by atoms with Gasteiger partial charge in [-0.25, -0.2) is 0 Å². The molecule has 3 N–H and O–H groups in total. The van der Waals surface area contributed by atoms with Crippen molar-refractivity contribution in [3.63, 3.8) is 0 Å². The van der Waals surface area contributed by atoms with E-state index < -0.39 is 18.3 Å². The lowest BCUT2D eigenvalue weighted by atomic mass is 9.92. The van der Waals surface area contributed by atoms with Crippen LogP contribution in [0.5, 0.6) is 0 Å². The summed E-state index contributed by atoms with van der Waals surface area (Å²) in [6.45, 7) is 3.96. The Morgan fingerprint density at radius 2 is 1.81 bits per heavy atom. The highest BCUT2D eigenvalue weighted by Gasteiger charge is 2.37. The van der Waals surface area contributed by atoms with Crippen molar-refractivity contribution in [1.82, 2.24) is 0 Å². The fourth-order valence-corrected chi connectivity index (χ4v) is 5.16. The summed E-state index contributed by atoms with van der Waals surface area (Å²) in [5, 5.41) is 29.6. The minimum atomic E-state index is -1.05. The first-order chi connectivity index (χ1) is 15.0. The molecule has 1 saturated heterocycles. The molecule has 0 spiro atoms. The normalized spacial score (nSPS) is 23.8. The van der Waals surface area contributed by atoms with Gasteiger partial charge in [-0.1, -0.05) is 49.4 Å². The van der Waals surface area contributed by atoms with Crippen LogP contribution in [0, 0.1) is 6.92 Å². The summed E-state index contributed by atoms with van der Waals surface area (Å²) >= 11 is 1.81. The smallest absolute Gasteiger partial charge is 0.110 e. The number of aliphatic hydroxyl groups excluding tert-OH is 3. The molecule has 0 saturated carbocycles. The van der Waals surface area contributed by atoms with Crippen molar-refractivity contribution in [3.8, 4) is 10.4 Å². The highest BCUT2D eigenvalue weighted by Crippen LogP contribution is 2.34. The van der Waals surface area contributed by atoms with Gasteiger partial charge in [-0.15, -0.1) is 11.3 Å². The van der Waals surface area contributed by atoms with Gasteiger partial charge in [0.15, 0.2) is 0 Å². The molecule has 2 heterocycles. The maximum absolute atomic E-state index is 10.2. The number of hydrogen-bond donors (Lipinski definition) is 3. The summed E-state index contributed by atoms with van der Waals surface area (Å²) in [6.07, 6.45) is -0.869. The highest BCUT2D eigenvalue weighted by molar-refractivity contribution is 7.15. The van der Waals surface area contributed by atoms with Crippen molar-refractivity contribution >= 4 is 11.3 Å². The Hall–Kier alpha value is -2.02. The van der Waals surface area contributed by atoms with Crippen LogP contribution in [0.25, 0.3) is 10.4 Å². The van der Waals surface area contributed by atoms with Crippen molar-refractivity contribution in [2.24, 2.45) is 0 Å². The highest BCUT2D eigenvalue weighted by atomic mass is 32.1. The van der Waals surface area contributed by atoms with Crippen molar-refractivity contribution in [3.05, 3.63) is 81.7 Å². The molecular formula is C26H30O4S. The Morgan fingerprint density at radius 3 is 2.52 bits per heavy atom. The van der Waals surface area contributed by atoms with Crippen LogP contribution in [0.3, 0.4) is 0 Å². The molecule has 3 aromatic rings. The van der Waals surface area contributed by atoms with Gasteiger partial charge in [0.2, 0.25) is 0 Å². The third-order valence-corrected chi connectivity index (χ3v) is 7.30. The van der Waals surface area contributed by atoms with Crippen LogP contribution < -0.4 is 0 Å². The van der Waals surface area contributed by atoms with Gasteiger partial charge in [0, 0.05) is 22.6 Å². The first-order valence-corrected chi connectivity index (χ1v) is 11.7. The summed E-state index contributed by atoms with van der Waals surface area (Å²) in [6, 6.07) is 19.4. The predicted molar refractivity (Wildman–Crippen MR) is 124 cm³/mol. The first kappa shape index (κ1) is 22.2. The largest absolute Gasteiger partial charge is 0.394 e. The fraction of sp³-hybridized carbons (Fsp3) is 0.385. The zero-order valence-corrected chi connectivity index (χ0v) is 18.8. The van der Waals surface area contributed by atoms with Crippen LogP contribution >= 0.6 is 11.3 Å². The summed E-state index contributed by atoms with van der Waals surface area (Å²) in [7, 11) is 0. The molecule has 1 aliphatic rings. The average Bonchev–Trinajstić information content (AvgIpc) is 3.25. The lowest BCUT2D eigenvalue weighted by Crippen LogP contribution is -2.47. The van der Waals surface area contributed by atoms with Crippen molar-refractivity contribution in [2.45, 2.75) is 57.5 Å². The lowest BCUT2D eigenvalue weighted by molar-refractivity contribution is -0.181. The second kappa shape index (κ2) is 9.63. The quantitative estimate of drug-likeness (QED) is 0.533. The van der Waals surface area contributed by atoms with Gasteiger partial charge >= 0.3 is 0 Å². The number of hydrogen-bond acceptors (Lipinski definition) is 5. The van der Waals surface area contributed by atoms with Crippen LogP contribution in [0.15, 0.2) is 54.6 Å². The molecule has 4 nitrogen and oxygen atoms in total. The standard InChI is InChI=1S/C26H30O4S/c1-3-17-5-8-18(9-6-17)25-11-10-21(31-25)13-20-12-19(7-4-16(20)2)23-14-22(28)26(29)24(15-27)30-23/h4-12,22-24,26-29H,3,13-15H2,1-2H3. The zero-order valence-electron chi connectivity index (χ0n) is 18.0. The maximum atomic E-state index is 10.2. The van der Waals surface area contributed by atoms with E-state index in [2.05, 4.69) is 62.4 Å². The third-order valence-electron chi connectivity index (χ3n) is 6.17. The number of rotatable bonds is 6. The summed E-state index contributed by atoms with van der Waals surface area (Å²) in [5.74, 6) is 0. The second-order valence-corrected chi connectivity index (χ2v) is 9.49. The Bertz CT molecular complexity index is 1010. The van der Waals surface area contributed by atoms with E-state index in [0.717, 1.165) is 18.4 Å². The van der Waals surface area contributed by atoms with Gasteiger partial charge in [0.25, 0.3) is 0 Å². The molecule has 4 rings (SSSR count). The van der Waals surface area contributed by atoms with Gasteiger partial charge in [0.1, 0.15) is 12.2 Å². The molecular weight excluding hydrogens is 408 g/mol. The number of aryl methyl sites for hydroxylation is 2. The molecule has 164 valence electrons. The number of ether oxygens (including phenoxy) is 1. The van der Waals surface area contributed by atoms with Crippen LogP contribution in [0.4, 0.5) is 0 Å². The SMILES string of the molecule is CCc1ccc(-c2ccc(Cc3cc(C4CC(O)C(O)C(CO)O4)ccc3C)s2)cc1. The van der Waals surface area contributed by atoms with E-state index in [-0.39, 0.29) is 12.7 Å². The molecule has 1 fully saturated rings. The number of benzene rings is 2. The topological polar surface area (TPSA) is 69.9 Å². The lowest BCUT2D eigenvalue weighted by Gasteiger charge is -2.36. The molecule has 1 aliphatic heterocycles. The van der Waals surface area contributed by atoms with Crippen LogP contribution in [0.2, 0.25) is 0 Å². The van der Waals surface area contributed by atoms with Gasteiger partial charge in [0.05, 0.1) is 18.8 Å². The predicted octanol–water partition coefficient (Wildman–Crippen LogP) is 4.42. The summed E-state index contributed by atoms with van der Waals surface area (Å²) in [4.78, 5) is 2.56. The van der Waals surface area contributed by atoms with Crippen LogP contribution in [-0.4, -0.2) is 40.2 Å². The molecule has 4 atom stereocenters. The molecule has 31 heavy (non-hydrogen) atoms. The van der Waals surface area contributed by atoms with E-state index in [0.29, 0.717) is 6.42 Å². The Balaban J connectivity index is 1.52. The van der Waals surface area contributed by atoms with Crippen LogP contribution in [-0.2, 0) is 17.6 Å².